The van der Waals surface area contributed by atoms with Gasteiger partial charge in [-0.3, -0.25) is 4.98 Å². The summed E-state index contributed by atoms with van der Waals surface area (Å²) < 4.78 is 4.11. The minimum atomic E-state index is 0.941. The van der Waals surface area contributed by atoms with Crippen molar-refractivity contribution >= 4 is 0 Å². The molecule has 3 heterocycles. The van der Waals surface area contributed by atoms with Crippen molar-refractivity contribution in [2.45, 2.75) is 6.92 Å². The highest BCUT2D eigenvalue weighted by molar-refractivity contribution is 5.95. The molecule has 0 atom stereocenters. The van der Waals surface area contributed by atoms with Crippen molar-refractivity contribution in [1.82, 2.24) is 24.1 Å². The molecule has 0 aliphatic carbocycles. The second-order valence-electron chi connectivity index (χ2n) is 18.7. The molecule has 0 aliphatic heterocycles. The first kappa shape index (κ1) is 44.7. The molecule has 0 bridgehead atoms. The van der Waals surface area contributed by atoms with Gasteiger partial charge in [0.1, 0.15) is 11.6 Å². The zero-order valence-corrected chi connectivity index (χ0v) is 41.0. The smallest absolute Gasteiger partial charge is 0.139 e. The first-order valence-corrected chi connectivity index (χ1v) is 24.7. The highest BCUT2D eigenvalue weighted by atomic mass is 15.0. The number of pyridine rings is 1. The monoisotopic (exact) mass is 937 g/mol. The maximum Gasteiger partial charge on any atom is 0.139 e. The molecule has 348 valence electrons. The van der Waals surface area contributed by atoms with Crippen LogP contribution in [0.5, 0.6) is 0 Å². The number of aryl methyl sites for hydroxylation is 3. The van der Waals surface area contributed by atoms with E-state index in [2.05, 4.69) is 257 Å². The Morgan fingerprint density at radius 3 is 1.10 bits per heavy atom. The highest BCUT2D eigenvalue weighted by Crippen LogP contribution is 2.43. The quantitative estimate of drug-likeness (QED) is 0.130. The minimum absolute atomic E-state index is 0.941. The van der Waals surface area contributed by atoms with Crippen LogP contribution in [0.2, 0.25) is 0 Å². The highest BCUT2D eigenvalue weighted by Gasteiger charge is 2.18. The lowest BCUT2D eigenvalue weighted by molar-refractivity contribution is 0.925. The van der Waals surface area contributed by atoms with Gasteiger partial charge in [0.2, 0.25) is 0 Å². The van der Waals surface area contributed by atoms with E-state index in [1.807, 2.05) is 38.9 Å². The van der Waals surface area contributed by atoms with Crippen LogP contribution in [0, 0.1) is 6.92 Å². The lowest BCUT2D eigenvalue weighted by Crippen LogP contribution is -1.94. The lowest BCUT2D eigenvalue weighted by Gasteiger charge is -2.18. The summed E-state index contributed by atoms with van der Waals surface area (Å²) in [6.45, 7) is 2.20. The molecule has 3 aromatic heterocycles. The summed E-state index contributed by atoms with van der Waals surface area (Å²) >= 11 is 0. The SMILES string of the molecule is Cc1cc(-c2cccc(-c3ccc(-c4ccccc4)cc3)c2)ncc1-c1ccccc1-c1cc(-c2ccccc2-c2ccc(-c3nccn3C)cc2)cc(-c2ccccc2-c2ccc(-c3nccn3C)cc2)c1. The van der Waals surface area contributed by atoms with Crippen molar-refractivity contribution in [3.8, 4) is 123 Å². The van der Waals surface area contributed by atoms with Crippen molar-refractivity contribution < 1.29 is 0 Å². The van der Waals surface area contributed by atoms with Gasteiger partial charge >= 0.3 is 0 Å². The Balaban J connectivity index is 0.949. The lowest BCUT2D eigenvalue weighted by atomic mass is 9.86. The van der Waals surface area contributed by atoms with Gasteiger partial charge in [-0.1, -0.05) is 194 Å². The molecule has 0 unspecified atom stereocenters. The van der Waals surface area contributed by atoms with E-state index >= 15 is 0 Å². The first-order valence-electron chi connectivity index (χ1n) is 24.7. The third kappa shape index (κ3) is 8.90. The molecule has 5 heteroatoms. The van der Waals surface area contributed by atoms with Gasteiger partial charge in [0.25, 0.3) is 0 Å². The van der Waals surface area contributed by atoms with Gasteiger partial charge in [-0.05, 0) is 126 Å². The molecule has 12 rings (SSSR count). The van der Waals surface area contributed by atoms with Crippen molar-refractivity contribution in [2.24, 2.45) is 14.1 Å². The molecule has 12 aromatic rings. The van der Waals surface area contributed by atoms with E-state index in [0.717, 1.165) is 112 Å². The third-order valence-electron chi connectivity index (χ3n) is 14.1. The Kier molecular flexibility index (Phi) is 11.9. The molecule has 0 radical (unpaired) electrons. The molecule has 0 saturated heterocycles. The van der Waals surface area contributed by atoms with E-state index in [0.29, 0.717) is 0 Å². The van der Waals surface area contributed by atoms with Crippen LogP contribution < -0.4 is 0 Å². The van der Waals surface area contributed by atoms with Gasteiger partial charge in [0, 0.05) is 67.3 Å². The summed E-state index contributed by atoms with van der Waals surface area (Å²) in [4.78, 5) is 14.4. The summed E-state index contributed by atoms with van der Waals surface area (Å²) in [6.07, 6.45) is 9.71. The van der Waals surface area contributed by atoms with E-state index in [1.54, 1.807) is 0 Å². The van der Waals surface area contributed by atoms with Crippen LogP contribution in [0.3, 0.4) is 0 Å². The number of benzene rings is 9. The van der Waals surface area contributed by atoms with Crippen LogP contribution in [0.1, 0.15) is 5.56 Å². The van der Waals surface area contributed by atoms with Gasteiger partial charge < -0.3 is 9.13 Å². The number of imidazole rings is 2. The molecule has 0 spiro atoms. The fraction of sp³-hybridized carbons (Fsp3) is 0.0441. The van der Waals surface area contributed by atoms with Gasteiger partial charge in [-0.15, -0.1) is 0 Å². The maximum absolute atomic E-state index is 5.17. The summed E-state index contributed by atoms with van der Waals surface area (Å²) in [5, 5.41) is 0. The van der Waals surface area contributed by atoms with E-state index in [4.69, 9.17) is 4.98 Å². The largest absolute Gasteiger partial charge is 0.334 e. The van der Waals surface area contributed by atoms with E-state index in [1.165, 1.54) is 16.7 Å². The number of hydrogen-bond donors (Lipinski definition) is 0. The molecule has 5 nitrogen and oxygen atoms in total. The molecular weight excluding hydrogens is 887 g/mol. The molecule has 9 aromatic carbocycles. The Labute approximate surface area is 427 Å². The predicted molar refractivity (Wildman–Crippen MR) is 302 cm³/mol. The molecule has 0 aliphatic rings. The Morgan fingerprint density at radius 2 is 0.630 bits per heavy atom. The van der Waals surface area contributed by atoms with E-state index in [-0.39, 0.29) is 0 Å². The normalized spacial score (nSPS) is 11.2. The molecule has 73 heavy (non-hydrogen) atoms. The average molecular weight is 938 g/mol. The predicted octanol–water partition coefficient (Wildman–Crippen LogP) is 17.2. The molecule has 0 saturated carbocycles. The Morgan fingerprint density at radius 1 is 0.274 bits per heavy atom. The van der Waals surface area contributed by atoms with Gasteiger partial charge in [-0.25, -0.2) is 9.97 Å². The van der Waals surface area contributed by atoms with Gasteiger partial charge in [-0.2, -0.15) is 0 Å². The zero-order valence-electron chi connectivity index (χ0n) is 41.0. The molecule has 0 N–H and O–H groups in total. The number of hydrogen-bond acceptors (Lipinski definition) is 3. The fourth-order valence-corrected chi connectivity index (χ4v) is 10.3. The van der Waals surface area contributed by atoms with Crippen LogP contribution in [-0.4, -0.2) is 24.1 Å². The minimum Gasteiger partial charge on any atom is -0.334 e. The first-order chi connectivity index (χ1) is 35.9. The van der Waals surface area contributed by atoms with Gasteiger partial charge in [0.05, 0.1) is 5.69 Å². The molecular formula is C68H51N5. The van der Waals surface area contributed by atoms with Crippen molar-refractivity contribution in [3.63, 3.8) is 0 Å². The third-order valence-corrected chi connectivity index (χ3v) is 14.1. The van der Waals surface area contributed by atoms with Crippen LogP contribution in [-0.2, 0) is 14.1 Å². The molecule has 0 amide bonds. The number of aromatic nitrogens is 5. The van der Waals surface area contributed by atoms with E-state index in [9.17, 15) is 0 Å². The topological polar surface area (TPSA) is 48.5 Å². The van der Waals surface area contributed by atoms with Crippen LogP contribution >= 0.6 is 0 Å². The number of rotatable bonds is 11. The fourth-order valence-electron chi connectivity index (χ4n) is 10.3. The van der Waals surface area contributed by atoms with E-state index < -0.39 is 0 Å². The van der Waals surface area contributed by atoms with Crippen LogP contribution in [0.25, 0.3) is 123 Å². The van der Waals surface area contributed by atoms with Crippen molar-refractivity contribution in [1.29, 1.82) is 0 Å². The van der Waals surface area contributed by atoms with Crippen molar-refractivity contribution in [3.05, 3.63) is 261 Å². The Bertz CT molecular complexity index is 3770. The second kappa shape index (κ2) is 19.4. The average Bonchev–Trinajstić information content (AvgIpc) is 4.10. The summed E-state index contributed by atoms with van der Waals surface area (Å²) in [5.74, 6) is 1.88. The summed E-state index contributed by atoms with van der Waals surface area (Å²) in [5.41, 5.74) is 23.8. The maximum atomic E-state index is 5.17. The van der Waals surface area contributed by atoms with Gasteiger partial charge in [0.15, 0.2) is 0 Å². The Hall–Kier alpha value is -9.45. The summed E-state index contributed by atoms with van der Waals surface area (Å²) in [6, 6.07) is 81.2. The number of nitrogens with zero attached hydrogens (tertiary/aromatic N) is 5. The molecule has 0 fully saturated rings. The van der Waals surface area contributed by atoms with Crippen LogP contribution in [0.15, 0.2) is 255 Å². The second-order valence-corrected chi connectivity index (χ2v) is 18.7. The van der Waals surface area contributed by atoms with Crippen molar-refractivity contribution in [2.75, 3.05) is 0 Å². The van der Waals surface area contributed by atoms with Crippen LogP contribution in [0.4, 0.5) is 0 Å². The zero-order chi connectivity index (χ0) is 49.3. The standard InChI is InChI=1S/C68H51N5/c1-46-40-66(55-17-13-16-54(41-55)49-26-24-48(25-27-49)47-14-5-4-6-15-47)71-45-65(46)64-23-12-11-22-63(64)58-43-56(61-20-9-7-18-59(61)50-28-32-52(33-29-50)67-69-36-38-72(67)2)42-57(44-58)62-21-10-8-19-60(62)51-30-34-53(35-31-51)68-70-37-39-73(68)3/h4-45H,1-3H3. The summed E-state index contributed by atoms with van der Waals surface area (Å²) in [7, 11) is 4.06.